The van der Waals surface area contributed by atoms with Gasteiger partial charge in [0.2, 0.25) is 30.4 Å². The van der Waals surface area contributed by atoms with Crippen LogP contribution >= 0.6 is 11.6 Å². The van der Waals surface area contributed by atoms with E-state index in [4.69, 9.17) is 26.8 Å². The number of carbonyl (C=O) groups excluding carboxylic acids is 4. The minimum Gasteiger partial charge on any atom is -0.454 e. The zero-order valence-corrected chi connectivity index (χ0v) is 19.3. The van der Waals surface area contributed by atoms with Crippen molar-refractivity contribution in [3.8, 4) is 11.5 Å². The summed E-state index contributed by atoms with van der Waals surface area (Å²) in [6.07, 6.45) is -0.199. The van der Waals surface area contributed by atoms with E-state index in [0.29, 0.717) is 38.9 Å². The van der Waals surface area contributed by atoms with Crippen molar-refractivity contribution in [3.05, 3.63) is 52.0 Å². The molecule has 35 heavy (non-hydrogen) atoms. The minimum absolute atomic E-state index is 0.00516. The summed E-state index contributed by atoms with van der Waals surface area (Å²) in [4.78, 5) is 53.9. The Kier molecular flexibility index (Phi) is 4.64. The number of amides is 4. The van der Waals surface area contributed by atoms with Gasteiger partial charge in [-0.15, -0.1) is 0 Å². The molecule has 10 nitrogen and oxygen atoms in total. The monoisotopic (exact) mass is 496 g/mol. The van der Waals surface area contributed by atoms with Gasteiger partial charge in [0.25, 0.3) is 0 Å². The molecule has 2 saturated heterocycles. The molecular formula is C24H21ClN4O6. The van der Waals surface area contributed by atoms with Gasteiger partial charge in [0, 0.05) is 23.0 Å². The number of nitrogens with zero attached hydrogens (tertiary/aromatic N) is 1. The minimum atomic E-state index is -1.52. The summed E-state index contributed by atoms with van der Waals surface area (Å²) in [6.45, 7) is 1.86. The molecule has 0 aromatic heterocycles. The fourth-order valence-electron chi connectivity index (χ4n) is 5.82. The van der Waals surface area contributed by atoms with Crippen LogP contribution in [0.25, 0.3) is 0 Å². The van der Waals surface area contributed by atoms with Gasteiger partial charge in [-0.3, -0.25) is 29.4 Å². The first-order chi connectivity index (χ1) is 16.7. The van der Waals surface area contributed by atoms with Crippen LogP contribution in [0.2, 0.25) is 5.02 Å². The highest BCUT2D eigenvalue weighted by Gasteiger charge is 2.70. The molecule has 1 spiro atoms. The molecule has 0 aliphatic carbocycles. The molecular weight excluding hydrogens is 476 g/mol. The summed E-state index contributed by atoms with van der Waals surface area (Å²) in [5.41, 5.74) is 6.30. The molecule has 4 atom stereocenters. The lowest BCUT2D eigenvalue weighted by molar-refractivity contribution is -0.143. The van der Waals surface area contributed by atoms with E-state index in [2.05, 4.69) is 10.6 Å². The van der Waals surface area contributed by atoms with Crippen molar-refractivity contribution in [2.75, 3.05) is 12.1 Å². The van der Waals surface area contributed by atoms with Crippen molar-refractivity contribution in [3.63, 3.8) is 0 Å². The van der Waals surface area contributed by atoms with Crippen LogP contribution in [-0.2, 0) is 31.3 Å². The van der Waals surface area contributed by atoms with E-state index in [9.17, 15) is 19.2 Å². The number of imide groups is 1. The van der Waals surface area contributed by atoms with Crippen LogP contribution in [0.4, 0.5) is 5.69 Å². The number of anilines is 1. The third kappa shape index (κ3) is 2.93. The van der Waals surface area contributed by atoms with Crippen LogP contribution in [0.3, 0.4) is 0 Å². The number of nitrogens with two attached hydrogens (primary N) is 1. The van der Waals surface area contributed by atoms with Gasteiger partial charge >= 0.3 is 0 Å². The maximum Gasteiger partial charge on any atom is 0.250 e. The van der Waals surface area contributed by atoms with Gasteiger partial charge in [0.1, 0.15) is 5.54 Å². The molecule has 0 unspecified atom stereocenters. The molecule has 4 aliphatic rings. The maximum atomic E-state index is 13.8. The summed E-state index contributed by atoms with van der Waals surface area (Å²) in [5, 5.41) is 6.47. The van der Waals surface area contributed by atoms with Crippen molar-refractivity contribution in [2.24, 2.45) is 17.6 Å². The molecule has 4 heterocycles. The molecule has 6 rings (SSSR count). The highest BCUT2D eigenvalue weighted by molar-refractivity contribution is 6.32. The third-order valence-electron chi connectivity index (χ3n) is 7.37. The van der Waals surface area contributed by atoms with E-state index in [-0.39, 0.29) is 19.8 Å². The fourth-order valence-corrected chi connectivity index (χ4v) is 5.98. The van der Waals surface area contributed by atoms with Crippen LogP contribution in [-0.4, -0.2) is 41.4 Å². The Labute approximate surface area is 204 Å². The Bertz CT molecular complexity index is 1350. The van der Waals surface area contributed by atoms with Crippen LogP contribution in [0.1, 0.15) is 23.1 Å². The van der Waals surface area contributed by atoms with Crippen molar-refractivity contribution in [1.82, 2.24) is 10.2 Å². The van der Waals surface area contributed by atoms with Crippen molar-refractivity contribution < 1.29 is 28.7 Å². The van der Waals surface area contributed by atoms with Crippen LogP contribution in [0.15, 0.2) is 30.3 Å². The van der Waals surface area contributed by atoms with Gasteiger partial charge in [-0.2, -0.15) is 0 Å². The number of fused-ring (bicyclic) bond motifs is 5. The Morgan fingerprint density at radius 2 is 1.94 bits per heavy atom. The fraction of sp³-hybridized carbons (Fsp3) is 0.333. The number of hydrogen-bond donors (Lipinski definition) is 3. The number of primary amides is 1. The molecule has 4 amide bonds. The summed E-state index contributed by atoms with van der Waals surface area (Å²) < 4.78 is 10.7. The zero-order chi connectivity index (χ0) is 24.6. The molecule has 2 aromatic carbocycles. The smallest absolute Gasteiger partial charge is 0.250 e. The highest BCUT2D eigenvalue weighted by atomic mass is 35.5. The Morgan fingerprint density at radius 1 is 1.17 bits per heavy atom. The van der Waals surface area contributed by atoms with Gasteiger partial charge in [-0.05, 0) is 36.2 Å². The van der Waals surface area contributed by atoms with Crippen molar-refractivity contribution in [2.45, 2.75) is 31.5 Å². The van der Waals surface area contributed by atoms with Crippen LogP contribution in [0, 0.1) is 18.8 Å². The van der Waals surface area contributed by atoms with Gasteiger partial charge < -0.3 is 20.5 Å². The molecule has 2 aromatic rings. The molecule has 0 bridgehead atoms. The molecule has 11 heteroatoms. The molecule has 4 N–H and O–H groups in total. The molecule has 180 valence electrons. The third-order valence-corrected chi connectivity index (χ3v) is 7.78. The van der Waals surface area contributed by atoms with Crippen LogP contribution < -0.4 is 25.8 Å². The zero-order valence-electron chi connectivity index (χ0n) is 18.6. The first-order valence-corrected chi connectivity index (χ1v) is 11.5. The van der Waals surface area contributed by atoms with Gasteiger partial charge in [0.05, 0.1) is 24.1 Å². The lowest BCUT2D eigenvalue weighted by Gasteiger charge is -2.29. The lowest BCUT2D eigenvalue weighted by Crippen LogP contribution is -2.53. The number of rotatable bonds is 4. The van der Waals surface area contributed by atoms with Gasteiger partial charge in [0.15, 0.2) is 11.5 Å². The second kappa shape index (κ2) is 7.43. The maximum absolute atomic E-state index is 13.8. The van der Waals surface area contributed by atoms with E-state index in [1.54, 1.807) is 37.3 Å². The summed E-state index contributed by atoms with van der Waals surface area (Å²) in [6, 6.07) is 7.73. The standard InChI is InChI=1S/C24H21ClN4O6/c1-10-13(25)4-3-12-20(10)27-23(33)24(12)19-18(14(28-24)7-17(26)30)21(31)29(22(19)32)8-11-2-5-15-16(6-11)35-9-34-15/h2-6,14,18-19,28H,7-9H2,1H3,(H2,26,30)(H,27,33)/t14-,18-,19+,24-/m1/s1. The van der Waals surface area contributed by atoms with Gasteiger partial charge in [-0.1, -0.05) is 23.7 Å². The number of hydrogen-bond acceptors (Lipinski definition) is 7. The first kappa shape index (κ1) is 21.9. The molecule has 0 saturated carbocycles. The predicted molar refractivity (Wildman–Crippen MR) is 122 cm³/mol. The summed E-state index contributed by atoms with van der Waals surface area (Å²) in [7, 11) is 0. The normalized spacial score (nSPS) is 28.0. The van der Waals surface area contributed by atoms with Crippen LogP contribution in [0.5, 0.6) is 11.5 Å². The number of likely N-dealkylation sites (tertiary alicyclic amines) is 1. The number of halogens is 1. The number of benzene rings is 2. The van der Waals surface area contributed by atoms with Crippen molar-refractivity contribution >= 4 is 40.9 Å². The average molecular weight is 497 g/mol. The second-order valence-corrected chi connectivity index (χ2v) is 9.64. The predicted octanol–water partition coefficient (Wildman–Crippen LogP) is 1.17. The number of ether oxygens (including phenoxy) is 2. The quantitative estimate of drug-likeness (QED) is 0.540. The molecule has 4 aliphatic heterocycles. The topological polar surface area (TPSA) is 140 Å². The first-order valence-electron chi connectivity index (χ1n) is 11.1. The van der Waals surface area contributed by atoms with E-state index in [1.807, 2.05) is 0 Å². The Hall–Kier alpha value is -3.63. The van der Waals surface area contributed by atoms with E-state index >= 15 is 0 Å². The molecule has 2 fully saturated rings. The largest absolute Gasteiger partial charge is 0.454 e. The Balaban J connectivity index is 1.43. The van der Waals surface area contributed by atoms with Gasteiger partial charge in [-0.25, -0.2) is 0 Å². The highest BCUT2D eigenvalue weighted by Crippen LogP contribution is 2.54. The summed E-state index contributed by atoms with van der Waals surface area (Å²) >= 11 is 6.27. The second-order valence-electron chi connectivity index (χ2n) is 9.23. The summed E-state index contributed by atoms with van der Waals surface area (Å²) in [5.74, 6) is -2.92. The van der Waals surface area contributed by atoms with E-state index < -0.39 is 47.0 Å². The Morgan fingerprint density at radius 3 is 2.71 bits per heavy atom. The SMILES string of the molecule is Cc1c(Cl)ccc2c1NC(=O)[C@@]21N[C@H](CC(N)=O)[C@H]2C(=O)N(Cc3ccc4c(c3)OCO4)C(=O)[C@H]21. The lowest BCUT2D eigenvalue weighted by atomic mass is 9.76. The van der Waals surface area contributed by atoms with E-state index in [0.717, 1.165) is 4.90 Å². The van der Waals surface area contributed by atoms with Crippen molar-refractivity contribution in [1.29, 1.82) is 0 Å². The van der Waals surface area contributed by atoms with E-state index in [1.165, 1.54) is 0 Å². The number of carbonyl (C=O) groups is 4. The molecule has 0 radical (unpaired) electrons. The number of nitrogens with one attached hydrogen (secondary N) is 2. The average Bonchev–Trinajstić information content (AvgIpc) is 3.53.